The van der Waals surface area contributed by atoms with Crippen LogP contribution in [0.5, 0.6) is 11.5 Å². The lowest BCUT2D eigenvalue weighted by molar-refractivity contribution is 0.478. The fourth-order valence-electron chi connectivity index (χ4n) is 1.30. The van der Waals surface area contributed by atoms with Crippen LogP contribution in [0, 0.1) is 11.3 Å². The highest BCUT2D eigenvalue weighted by Gasteiger charge is 2.09. The summed E-state index contributed by atoms with van der Waals surface area (Å²) in [6.07, 6.45) is 3.02. The molecule has 1 aromatic carbocycles. The van der Waals surface area contributed by atoms with Crippen molar-refractivity contribution in [3.63, 3.8) is 0 Å². The minimum Gasteiger partial charge on any atom is -0.451 e. The Bertz CT molecular complexity index is 572. The number of aromatic nitrogens is 1. The number of nitrogen functional groups attached to an aromatic ring is 1. The van der Waals surface area contributed by atoms with Gasteiger partial charge in [0.25, 0.3) is 0 Å². The van der Waals surface area contributed by atoms with E-state index >= 15 is 0 Å². The summed E-state index contributed by atoms with van der Waals surface area (Å²) in [6, 6.07) is 8.96. The molecule has 0 fully saturated rings. The number of pyridine rings is 1. The van der Waals surface area contributed by atoms with Crippen LogP contribution in [0.25, 0.3) is 0 Å². The molecule has 0 aliphatic rings. The number of hydrogen-bond acceptors (Lipinski definition) is 4. The summed E-state index contributed by atoms with van der Waals surface area (Å²) in [5.74, 6) is 0.866. The van der Waals surface area contributed by atoms with Crippen molar-refractivity contribution >= 4 is 21.6 Å². The number of nitrogens with zero attached hydrogens (tertiary/aromatic N) is 2. The van der Waals surface area contributed by atoms with Crippen LogP contribution in [0.1, 0.15) is 5.56 Å². The molecule has 0 saturated carbocycles. The average Bonchev–Trinajstić information content (AvgIpc) is 2.34. The van der Waals surface area contributed by atoms with Crippen molar-refractivity contribution in [2.75, 3.05) is 5.73 Å². The molecule has 1 heterocycles. The van der Waals surface area contributed by atoms with E-state index in [-0.39, 0.29) is 0 Å². The molecular formula is C12H8BrN3O. The summed E-state index contributed by atoms with van der Waals surface area (Å²) >= 11 is 3.34. The second-order valence-electron chi connectivity index (χ2n) is 3.24. The number of hydrogen-bond donors (Lipinski definition) is 1. The van der Waals surface area contributed by atoms with E-state index in [9.17, 15) is 0 Å². The SMILES string of the molecule is N#Cc1ccncc1Oc1c(N)cccc1Br. The van der Waals surface area contributed by atoms with Gasteiger partial charge in [0.2, 0.25) is 0 Å². The minimum absolute atomic E-state index is 0.383. The summed E-state index contributed by atoms with van der Waals surface area (Å²) in [5, 5.41) is 8.93. The third kappa shape index (κ3) is 2.37. The first-order valence-electron chi connectivity index (χ1n) is 4.78. The molecule has 0 amide bonds. The molecule has 0 unspecified atom stereocenters. The van der Waals surface area contributed by atoms with E-state index in [2.05, 4.69) is 20.9 Å². The van der Waals surface area contributed by atoms with Crippen LogP contribution in [-0.2, 0) is 0 Å². The van der Waals surface area contributed by atoms with Gasteiger partial charge in [-0.1, -0.05) is 6.07 Å². The Hall–Kier alpha value is -2.06. The second kappa shape index (κ2) is 4.85. The third-order valence-electron chi connectivity index (χ3n) is 2.11. The van der Waals surface area contributed by atoms with Crippen LogP contribution >= 0.6 is 15.9 Å². The summed E-state index contributed by atoms with van der Waals surface area (Å²) < 4.78 is 6.33. The first-order chi connectivity index (χ1) is 8.22. The lowest BCUT2D eigenvalue weighted by Crippen LogP contribution is -1.95. The van der Waals surface area contributed by atoms with Gasteiger partial charge in [0, 0.05) is 6.20 Å². The van der Waals surface area contributed by atoms with E-state index in [0.29, 0.717) is 22.7 Å². The number of nitrogens with two attached hydrogens (primary N) is 1. The normalized spacial score (nSPS) is 9.65. The Morgan fingerprint density at radius 3 is 2.88 bits per heavy atom. The van der Waals surface area contributed by atoms with Crippen molar-refractivity contribution in [3.8, 4) is 17.6 Å². The molecule has 0 aliphatic carbocycles. The fraction of sp³-hybridized carbons (Fsp3) is 0. The largest absolute Gasteiger partial charge is 0.451 e. The summed E-state index contributed by atoms with van der Waals surface area (Å²) in [7, 11) is 0. The van der Waals surface area contributed by atoms with Gasteiger partial charge in [-0.05, 0) is 34.1 Å². The van der Waals surface area contributed by atoms with Crippen molar-refractivity contribution in [1.29, 1.82) is 5.26 Å². The van der Waals surface area contributed by atoms with Gasteiger partial charge in [-0.2, -0.15) is 5.26 Å². The summed E-state index contributed by atoms with van der Waals surface area (Å²) in [4.78, 5) is 3.92. The number of para-hydroxylation sites is 1. The molecule has 2 N–H and O–H groups in total. The molecule has 0 saturated heterocycles. The average molecular weight is 290 g/mol. The molecule has 2 aromatic rings. The van der Waals surface area contributed by atoms with Crippen molar-refractivity contribution < 1.29 is 4.74 Å². The van der Waals surface area contributed by atoms with Crippen LogP contribution < -0.4 is 10.5 Å². The van der Waals surface area contributed by atoms with Crippen molar-refractivity contribution in [2.45, 2.75) is 0 Å². The molecule has 4 nitrogen and oxygen atoms in total. The number of halogens is 1. The maximum absolute atomic E-state index is 8.93. The van der Waals surface area contributed by atoms with Gasteiger partial charge in [0.15, 0.2) is 11.5 Å². The van der Waals surface area contributed by atoms with E-state index in [1.54, 1.807) is 18.2 Å². The second-order valence-corrected chi connectivity index (χ2v) is 4.10. The van der Waals surface area contributed by atoms with E-state index in [4.69, 9.17) is 15.7 Å². The molecule has 17 heavy (non-hydrogen) atoms. The summed E-state index contributed by atoms with van der Waals surface area (Å²) in [6.45, 7) is 0. The number of rotatable bonds is 2. The van der Waals surface area contributed by atoms with Gasteiger partial charge in [0.1, 0.15) is 6.07 Å². The highest BCUT2D eigenvalue weighted by molar-refractivity contribution is 9.10. The van der Waals surface area contributed by atoms with Crippen molar-refractivity contribution in [2.24, 2.45) is 0 Å². The van der Waals surface area contributed by atoms with Crippen LogP contribution in [0.4, 0.5) is 5.69 Å². The molecule has 0 aliphatic heterocycles. The lowest BCUT2D eigenvalue weighted by Gasteiger charge is -2.10. The Labute approximate surface area is 107 Å². The zero-order chi connectivity index (χ0) is 12.3. The standard InChI is InChI=1S/C12H8BrN3O/c13-9-2-1-3-10(15)12(9)17-11-7-16-5-4-8(11)6-14/h1-5,7H,15H2. The number of benzene rings is 1. The molecular weight excluding hydrogens is 282 g/mol. The number of nitriles is 1. The third-order valence-corrected chi connectivity index (χ3v) is 2.74. The zero-order valence-corrected chi connectivity index (χ0v) is 10.3. The molecule has 5 heteroatoms. The lowest BCUT2D eigenvalue weighted by atomic mass is 10.2. The van der Waals surface area contributed by atoms with Gasteiger partial charge >= 0.3 is 0 Å². The van der Waals surface area contributed by atoms with Gasteiger partial charge in [-0.3, -0.25) is 4.98 Å². The molecule has 0 spiro atoms. The van der Waals surface area contributed by atoms with Gasteiger partial charge in [0.05, 0.1) is 21.9 Å². The smallest absolute Gasteiger partial charge is 0.164 e. The maximum atomic E-state index is 8.93. The van der Waals surface area contributed by atoms with Gasteiger partial charge in [-0.15, -0.1) is 0 Å². The van der Waals surface area contributed by atoms with Crippen molar-refractivity contribution in [1.82, 2.24) is 4.98 Å². The highest BCUT2D eigenvalue weighted by Crippen LogP contribution is 2.35. The fourth-order valence-corrected chi connectivity index (χ4v) is 1.76. The molecule has 1 aromatic heterocycles. The molecule has 2 rings (SSSR count). The van der Waals surface area contributed by atoms with E-state index < -0.39 is 0 Å². The maximum Gasteiger partial charge on any atom is 0.164 e. The zero-order valence-electron chi connectivity index (χ0n) is 8.72. The monoisotopic (exact) mass is 289 g/mol. The Balaban J connectivity index is 2.42. The molecule has 0 radical (unpaired) electrons. The Kier molecular flexibility index (Phi) is 3.26. The van der Waals surface area contributed by atoms with E-state index in [1.165, 1.54) is 12.4 Å². The molecule has 84 valence electrons. The number of anilines is 1. The van der Waals surface area contributed by atoms with Crippen LogP contribution in [0.15, 0.2) is 41.1 Å². The topological polar surface area (TPSA) is 71.9 Å². The van der Waals surface area contributed by atoms with Crippen molar-refractivity contribution in [3.05, 3.63) is 46.7 Å². The predicted octanol–water partition coefficient (Wildman–Crippen LogP) is 3.09. The van der Waals surface area contributed by atoms with Gasteiger partial charge in [-0.25, -0.2) is 0 Å². The van der Waals surface area contributed by atoms with Crippen LogP contribution in [0.2, 0.25) is 0 Å². The van der Waals surface area contributed by atoms with E-state index in [1.807, 2.05) is 12.1 Å². The van der Waals surface area contributed by atoms with E-state index in [0.717, 1.165) is 4.47 Å². The Morgan fingerprint density at radius 1 is 1.35 bits per heavy atom. The Morgan fingerprint density at radius 2 is 2.18 bits per heavy atom. The molecule has 0 atom stereocenters. The number of ether oxygens (including phenoxy) is 1. The van der Waals surface area contributed by atoms with Crippen LogP contribution in [0.3, 0.4) is 0 Å². The minimum atomic E-state index is 0.383. The quantitative estimate of drug-likeness (QED) is 0.863. The predicted molar refractivity (Wildman–Crippen MR) is 67.6 cm³/mol. The van der Waals surface area contributed by atoms with Gasteiger partial charge < -0.3 is 10.5 Å². The highest BCUT2D eigenvalue weighted by atomic mass is 79.9. The van der Waals surface area contributed by atoms with Crippen LogP contribution in [-0.4, -0.2) is 4.98 Å². The molecule has 0 bridgehead atoms. The summed E-state index contributed by atoms with van der Waals surface area (Å²) in [5.41, 5.74) is 6.71. The first-order valence-corrected chi connectivity index (χ1v) is 5.57. The first kappa shape index (κ1) is 11.4.